The molecule has 3 nitrogen and oxygen atoms in total. The number of benzene rings is 1. The molecule has 1 aromatic heterocycles. The molecule has 1 atom stereocenters. The lowest BCUT2D eigenvalue weighted by Gasteiger charge is -2.26. The number of halogens is 2. The number of hydrogen-bond acceptors (Lipinski definition) is 2. The molecule has 0 saturated heterocycles. The first-order valence-electron chi connectivity index (χ1n) is 6.17. The van der Waals surface area contributed by atoms with Gasteiger partial charge in [-0.3, -0.25) is 4.68 Å². The number of nitrogens with zero attached hydrogens (tertiary/aromatic N) is 2. The summed E-state index contributed by atoms with van der Waals surface area (Å²) >= 11 is 6.10. The first-order valence-corrected chi connectivity index (χ1v) is 6.55. The standard InChI is InChI=1S/C14H16ClFN2O/c1-3-8-18-13(11(15)9-17-18)14(2,19)10-6-4-5-7-12(10)16/h4-7,9,19H,3,8H2,1-2H3. The average Bonchev–Trinajstić information content (AvgIpc) is 2.72. The van der Waals surface area contributed by atoms with Gasteiger partial charge in [0.1, 0.15) is 11.4 Å². The van der Waals surface area contributed by atoms with E-state index in [4.69, 9.17) is 11.6 Å². The van der Waals surface area contributed by atoms with Crippen molar-refractivity contribution in [3.8, 4) is 0 Å². The van der Waals surface area contributed by atoms with Gasteiger partial charge in [0.2, 0.25) is 0 Å². The van der Waals surface area contributed by atoms with Crippen LogP contribution in [0.25, 0.3) is 0 Å². The van der Waals surface area contributed by atoms with E-state index in [1.165, 1.54) is 19.2 Å². The summed E-state index contributed by atoms with van der Waals surface area (Å²) in [5.74, 6) is -0.465. The molecular weight excluding hydrogens is 267 g/mol. The highest BCUT2D eigenvalue weighted by molar-refractivity contribution is 6.31. The lowest BCUT2D eigenvalue weighted by molar-refractivity contribution is 0.0874. The van der Waals surface area contributed by atoms with E-state index >= 15 is 0 Å². The first-order chi connectivity index (χ1) is 8.98. The van der Waals surface area contributed by atoms with Crippen LogP contribution in [0, 0.1) is 5.82 Å². The Morgan fingerprint density at radius 1 is 1.42 bits per heavy atom. The third kappa shape index (κ3) is 2.51. The lowest BCUT2D eigenvalue weighted by atomic mass is 9.92. The van der Waals surface area contributed by atoms with Gasteiger partial charge < -0.3 is 5.11 Å². The highest BCUT2D eigenvalue weighted by Crippen LogP contribution is 2.35. The fourth-order valence-corrected chi connectivity index (χ4v) is 2.54. The van der Waals surface area contributed by atoms with Crippen molar-refractivity contribution in [2.45, 2.75) is 32.4 Å². The van der Waals surface area contributed by atoms with E-state index in [-0.39, 0.29) is 5.56 Å². The maximum absolute atomic E-state index is 13.9. The highest BCUT2D eigenvalue weighted by atomic mass is 35.5. The van der Waals surface area contributed by atoms with Gasteiger partial charge in [0, 0.05) is 12.1 Å². The van der Waals surface area contributed by atoms with Gasteiger partial charge >= 0.3 is 0 Å². The van der Waals surface area contributed by atoms with E-state index < -0.39 is 11.4 Å². The minimum Gasteiger partial charge on any atom is -0.379 e. The molecule has 0 bridgehead atoms. The Morgan fingerprint density at radius 2 is 2.11 bits per heavy atom. The van der Waals surface area contributed by atoms with E-state index in [1.54, 1.807) is 22.9 Å². The number of hydrogen-bond donors (Lipinski definition) is 1. The molecule has 0 saturated carbocycles. The molecule has 0 amide bonds. The third-order valence-corrected chi connectivity index (χ3v) is 3.37. The molecule has 2 aromatic rings. The Hall–Kier alpha value is -1.39. The first kappa shape index (κ1) is 14.0. The summed E-state index contributed by atoms with van der Waals surface area (Å²) in [6, 6.07) is 6.13. The van der Waals surface area contributed by atoms with E-state index in [0.29, 0.717) is 17.3 Å². The van der Waals surface area contributed by atoms with Crippen LogP contribution in [-0.2, 0) is 12.1 Å². The summed E-state index contributed by atoms with van der Waals surface area (Å²) in [4.78, 5) is 0. The summed E-state index contributed by atoms with van der Waals surface area (Å²) in [6.07, 6.45) is 2.32. The predicted octanol–water partition coefficient (Wildman–Crippen LogP) is 3.34. The number of aryl methyl sites for hydroxylation is 1. The van der Waals surface area contributed by atoms with Crippen molar-refractivity contribution in [1.82, 2.24) is 9.78 Å². The van der Waals surface area contributed by atoms with Crippen LogP contribution in [0.1, 0.15) is 31.5 Å². The summed E-state index contributed by atoms with van der Waals surface area (Å²) in [7, 11) is 0. The largest absolute Gasteiger partial charge is 0.379 e. The van der Waals surface area contributed by atoms with Crippen LogP contribution < -0.4 is 0 Å². The van der Waals surface area contributed by atoms with Gasteiger partial charge in [0.25, 0.3) is 0 Å². The van der Waals surface area contributed by atoms with Gasteiger partial charge in [0.15, 0.2) is 0 Å². The fraction of sp³-hybridized carbons (Fsp3) is 0.357. The van der Waals surface area contributed by atoms with Gasteiger partial charge in [-0.2, -0.15) is 5.10 Å². The summed E-state index contributed by atoms with van der Waals surface area (Å²) < 4.78 is 15.5. The molecule has 0 radical (unpaired) electrons. The van der Waals surface area contributed by atoms with Crippen molar-refractivity contribution in [2.24, 2.45) is 0 Å². The van der Waals surface area contributed by atoms with Crippen LogP contribution in [0.5, 0.6) is 0 Å². The van der Waals surface area contributed by atoms with Crippen molar-refractivity contribution >= 4 is 11.6 Å². The van der Waals surface area contributed by atoms with Crippen molar-refractivity contribution < 1.29 is 9.50 Å². The second-order valence-corrected chi connectivity index (χ2v) is 5.02. The molecule has 1 unspecified atom stereocenters. The van der Waals surface area contributed by atoms with Crippen LogP contribution in [0.3, 0.4) is 0 Å². The SMILES string of the molecule is CCCn1ncc(Cl)c1C(C)(O)c1ccccc1F. The highest BCUT2D eigenvalue weighted by Gasteiger charge is 2.34. The molecule has 1 aromatic carbocycles. The fourth-order valence-electron chi connectivity index (χ4n) is 2.21. The van der Waals surface area contributed by atoms with Crippen LogP contribution >= 0.6 is 11.6 Å². The van der Waals surface area contributed by atoms with E-state index in [9.17, 15) is 9.50 Å². The Morgan fingerprint density at radius 3 is 2.74 bits per heavy atom. The van der Waals surface area contributed by atoms with Gasteiger partial charge in [-0.25, -0.2) is 4.39 Å². The topological polar surface area (TPSA) is 38.0 Å². The van der Waals surface area contributed by atoms with Gasteiger partial charge in [-0.1, -0.05) is 36.7 Å². The zero-order valence-corrected chi connectivity index (χ0v) is 11.7. The Balaban J connectivity index is 2.56. The van der Waals surface area contributed by atoms with Crippen LogP contribution in [0.4, 0.5) is 4.39 Å². The number of aromatic nitrogens is 2. The van der Waals surface area contributed by atoms with Gasteiger partial charge in [-0.05, 0) is 19.4 Å². The zero-order chi connectivity index (χ0) is 14.0. The van der Waals surface area contributed by atoms with Crippen LogP contribution in [0.15, 0.2) is 30.5 Å². The monoisotopic (exact) mass is 282 g/mol. The molecule has 0 spiro atoms. The second kappa shape index (κ2) is 5.31. The molecule has 1 heterocycles. The number of rotatable bonds is 4. The Labute approximate surface area is 116 Å². The smallest absolute Gasteiger partial charge is 0.133 e. The van der Waals surface area contributed by atoms with Crippen LogP contribution in [0.2, 0.25) is 5.02 Å². The van der Waals surface area contributed by atoms with Gasteiger partial charge in [-0.15, -0.1) is 0 Å². The number of aliphatic hydroxyl groups is 1. The van der Waals surface area contributed by atoms with Crippen molar-refractivity contribution in [3.05, 3.63) is 52.6 Å². The molecule has 102 valence electrons. The Kier molecular flexibility index (Phi) is 3.92. The van der Waals surface area contributed by atoms with E-state index in [2.05, 4.69) is 5.10 Å². The van der Waals surface area contributed by atoms with Gasteiger partial charge in [0.05, 0.1) is 16.9 Å². The minimum atomic E-state index is -1.52. The molecule has 0 aliphatic heterocycles. The molecule has 5 heteroatoms. The molecule has 2 rings (SSSR count). The summed E-state index contributed by atoms with van der Waals surface area (Å²) in [6.45, 7) is 4.14. The minimum absolute atomic E-state index is 0.190. The zero-order valence-electron chi connectivity index (χ0n) is 10.9. The summed E-state index contributed by atoms with van der Waals surface area (Å²) in [5.41, 5.74) is -0.912. The lowest BCUT2D eigenvalue weighted by Crippen LogP contribution is -2.28. The second-order valence-electron chi connectivity index (χ2n) is 4.62. The van der Waals surface area contributed by atoms with Crippen molar-refractivity contribution in [1.29, 1.82) is 0 Å². The quantitative estimate of drug-likeness (QED) is 0.934. The maximum atomic E-state index is 13.9. The van der Waals surface area contributed by atoms with E-state index in [1.807, 2.05) is 6.92 Å². The van der Waals surface area contributed by atoms with E-state index in [0.717, 1.165) is 6.42 Å². The Bertz CT molecular complexity index is 581. The molecular formula is C14H16ClFN2O. The average molecular weight is 283 g/mol. The molecule has 0 aliphatic carbocycles. The maximum Gasteiger partial charge on any atom is 0.133 e. The normalized spacial score (nSPS) is 14.4. The third-order valence-electron chi connectivity index (χ3n) is 3.09. The molecule has 0 aliphatic rings. The summed E-state index contributed by atoms with van der Waals surface area (Å²) in [5, 5.41) is 15.2. The van der Waals surface area contributed by atoms with Crippen molar-refractivity contribution in [2.75, 3.05) is 0 Å². The van der Waals surface area contributed by atoms with Crippen LogP contribution in [-0.4, -0.2) is 14.9 Å². The molecule has 0 fully saturated rings. The van der Waals surface area contributed by atoms with Crippen molar-refractivity contribution in [3.63, 3.8) is 0 Å². The molecule has 19 heavy (non-hydrogen) atoms. The predicted molar refractivity (Wildman–Crippen MR) is 72.6 cm³/mol. The molecule has 1 N–H and O–H groups in total.